The van der Waals surface area contributed by atoms with E-state index in [4.69, 9.17) is 0 Å². The molecule has 0 amide bonds. The summed E-state index contributed by atoms with van der Waals surface area (Å²) in [6.45, 7) is 3.13. The normalized spacial score (nSPS) is 16.9. The molecule has 0 atom stereocenters. The first-order valence-electron chi connectivity index (χ1n) is 7.00. The van der Waals surface area contributed by atoms with Crippen molar-refractivity contribution in [3.05, 3.63) is 28.3 Å². The third-order valence-corrected chi connectivity index (χ3v) is 4.47. The number of nitrogens with zero attached hydrogens (tertiary/aromatic N) is 2. The van der Waals surface area contributed by atoms with E-state index in [1.165, 1.54) is 37.8 Å². The number of fused-ring (bicyclic) bond motifs is 1. The predicted octanol–water partition coefficient (Wildman–Crippen LogP) is 3.46. The topological polar surface area (TPSA) is 83.8 Å². The smallest absolute Gasteiger partial charge is 0.271 e. The average molecular weight is 274 g/mol. The third kappa shape index (κ3) is 2.21. The number of hydrogen-bond acceptors (Lipinski definition) is 4. The van der Waals surface area contributed by atoms with Crippen LogP contribution in [0.25, 0.3) is 11.0 Å². The first kappa shape index (κ1) is 12.9. The highest BCUT2D eigenvalue weighted by Crippen LogP contribution is 2.43. The summed E-state index contributed by atoms with van der Waals surface area (Å²) in [5.74, 6) is 0.695. The number of non-ortho nitro benzene ring substituents is 1. The second-order valence-electron chi connectivity index (χ2n) is 5.60. The lowest BCUT2D eigenvalue weighted by Gasteiger charge is -2.41. The van der Waals surface area contributed by atoms with Crippen molar-refractivity contribution in [1.29, 1.82) is 0 Å². The molecule has 0 bridgehead atoms. The monoisotopic (exact) mass is 274 g/mol. The van der Waals surface area contributed by atoms with Crippen LogP contribution in [0.2, 0.25) is 0 Å². The fourth-order valence-electron chi connectivity index (χ4n) is 2.80. The van der Waals surface area contributed by atoms with Gasteiger partial charge in [-0.05, 0) is 30.7 Å². The van der Waals surface area contributed by atoms with Crippen LogP contribution in [-0.2, 0) is 0 Å². The Balaban J connectivity index is 1.77. The molecule has 20 heavy (non-hydrogen) atoms. The lowest BCUT2D eigenvalue weighted by molar-refractivity contribution is -0.384. The Morgan fingerprint density at radius 3 is 2.90 bits per heavy atom. The molecule has 0 saturated heterocycles. The number of aromatic amines is 1. The van der Waals surface area contributed by atoms with Crippen molar-refractivity contribution in [3.63, 3.8) is 0 Å². The zero-order chi connectivity index (χ0) is 14.2. The lowest BCUT2D eigenvalue weighted by Crippen LogP contribution is -2.36. The molecule has 1 saturated carbocycles. The van der Waals surface area contributed by atoms with Gasteiger partial charge in [0, 0.05) is 18.7 Å². The first-order valence-corrected chi connectivity index (χ1v) is 7.00. The van der Waals surface area contributed by atoms with E-state index >= 15 is 0 Å². The van der Waals surface area contributed by atoms with Gasteiger partial charge in [-0.2, -0.15) is 0 Å². The maximum atomic E-state index is 10.7. The Hall–Kier alpha value is -2.11. The van der Waals surface area contributed by atoms with E-state index < -0.39 is 4.92 Å². The molecule has 1 fully saturated rings. The Kier molecular flexibility index (Phi) is 3.08. The number of nitrogens with one attached hydrogen (secondary N) is 2. The van der Waals surface area contributed by atoms with Gasteiger partial charge >= 0.3 is 0 Å². The predicted molar refractivity (Wildman–Crippen MR) is 77.8 cm³/mol. The highest BCUT2D eigenvalue weighted by molar-refractivity contribution is 5.79. The molecule has 3 rings (SSSR count). The van der Waals surface area contributed by atoms with Gasteiger partial charge in [0.15, 0.2) is 0 Å². The van der Waals surface area contributed by atoms with Crippen molar-refractivity contribution in [3.8, 4) is 0 Å². The molecule has 0 radical (unpaired) electrons. The zero-order valence-corrected chi connectivity index (χ0v) is 11.5. The fraction of sp³-hybridized carbons (Fsp3) is 0.500. The molecule has 1 aliphatic carbocycles. The Morgan fingerprint density at radius 2 is 2.30 bits per heavy atom. The highest BCUT2D eigenvalue weighted by atomic mass is 16.6. The van der Waals surface area contributed by atoms with Crippen molar-refractivity contribution < 1.29 is 4.92 Å². The summed E-state index contributed by atoms with van der Waals surface area (Å²) in [6.07, 6.45) is 5.01. The van der Waals surface area contributed by atoms with Crippen LogP contribution in [0.1, 0.15) is 32.6 Å². The molecule has 0 aliphatic heterocycles. The summed E-state index contributed by atoms with van der Waals surface area (Å²) in [6, 6.07) is 4.67. The van der Waals surface area contributed by atoms with E-state index in [9.17, 15) is 10.1 Å². The molecule has 1 aromatic heterocycles. The van der Waals surface area contributed by atoms with Gasteiger partial charge in [-0.15, -0.1) is 0 Å². The SMILES string of the molecule is CCC1(CNc2nc3ccc([N+](=O)[O-])cc3[nH]2)CCC1. The number of nitro groups is 1. The molecule has 0 unspecified atom stereocenters. The first-order chi connectivity index (χ1) is 9.62. The van der Waals surface area contributed by atoms with Crippen molar-refractivity contribution in [2.24, 2.45) is 5.41 Å². The van der Waals surface area contributed by atoms with Crippen LogP contribution in [0.4, 0.5) is 11.6 Å². The van der Waals surface area contributed by atoms with Gasteiger partial charge in [-0.3, -0.25) is 10.1 Å². The van der Waals surface area contributed by atoms with Gasteiger partial charge in [0.1, 0.15) is 0 Å². The Bertz CT molecular complexity index is 640. The molecule has 0 spiro atoms. The largest absolute Gasteiger partial charge is 0.355 e. The summed E-state index contributed by atoms with van der Waals surface area (Å²) in [5.41, 5.74) is 1.93. The molecule has 106 valence electrons. The quantitative estimate of drug-likeness (QED) is 0.646. The van der Waals surface area contributed by atoms with Crippen molar-refractivity contribution >= 4 is 22.7 Å². The van der Waals surface area contributed by atoms with Gasteiger partial charge < -0.3 is 10.3 Å². The number of anilines is 1. The van der Waals surface area contributed by atoms with E-state index in [-0.39, 0.29) is 5.69 Å². The maximum absolute atomic E-state index is 10.7. The second-order valence-corrected chi connectivity index (χ2v) is 5.60. The third-order valence-electron chi connectivity index (χ3n) is 4.47. The molecule has 2 N–H and O–H groups in total. The Labute approximate surface area is 116 Å². The van der Waals surface area contributed by atoms with Crippen LogP contribution in [0.15, 0.2) is 18.2 Å². The molecule has 6 nitrogen and oxygen atoms in total. The number of imidazole rings is 1. The molecule has 1 aliphatic rings. The second kappa shape index (κ2) is 4.77. The Morgan fingerprint density at radius 1 is 1.50 bits per heavy atom. The fourth-order valence-corrected chi connectivity index (χ4v) is 2.80. The van der Waals surface area contributed by atoms with E-state index in [1.807, 2.05) is 0 Å². The van der Waals surface area contributed by atoms with Gasteiger partial charge in [0.05, 0.1) is 16.0 Å². The van der Waals surface area contributed by atoms with Crippen molar-refractivity contribution in [1.82, 2.24) is 9.97 Å². The zero-order valence-electron chi connectivity index (χ0n) is 11.5. The molecule has 6 heteroatoms. The summed E-state index contributed by atoms with van der Waals surface area (Å²) in [5, 5.41) is 14.1. The van der Waals surface area contributed by atoms with Crippen LogP contribution in [0, 0.1) is 15.5 Å². The van der Waals surface area contributed by atoms with E-state index in [0.29, 0.717) is 16.9 Å². The number of aromatic nitrogens is 2. The minimum Gasteiger partial charge on any atom is -0.355 e. The van der Waals surface area contributed by atoms with E-state index in [1.54, 1.807) is 6.07 Å². The van der Waals surface area contributed by atoms with Gasteiger partial charge in [0.2, 0.25) is 5.95 Å². The molecular formula is C14H18N4O2. The van der Waals surface area contributed by atoms with E-state index in [2.05, 4.69) is 22.2 Å². The molecule has 1 heterocycles. The number of H-pyrrole nitrogens is 1. The van der Waals surface area contributed by atoms with E-state index in [0.717, 1.165) is 12.1 Å². The average Bonchev–Trinajstić information content (AvgIpc) is 2.79. The number of benzene rings is 1. The maximum Gasteiger partial charge on any atom is 0.271 e. The highest BCUT2D eigenvalue weighted by Gasteiger charge is 2.34. The van der Waals surface area contributed by atoms with Crippen molar-refractivity contribution in [2.45, 2.75) is 32.6 Å². The van der Waals surface area contributed by atoms with Gasteiger partial charge in [-0.1, -0.05) is 13.3 Å². The standard InChI is InChI=1S/C14H18N4O2/c1-2-14(6-3-7-14)9-15-13-16-11-5-4-10(18(19)20)8-12(11)17-13/h4-5,8H,2-3,6-7,9H2,1H3,(H2,15,16,17). The summed E-state index contributed by atoms with van der Waals surface area (Å²) in [7, 11) is 0. The summed E-state index contributed by atoms with van der Waals surface area (Å²) in [4.78, 5) is 17.9. The molecule has 2 aromatic rings. The number of nitro benzene ring substituents is 1. The van der Waals surface area contributed by atoms with Crippen LogP contribution in [0.3, 0.4) is 0 Å². The minimum absolute atomic E-state index is 0.0803. The van der Waals surface area contributed by atoms with Crippen molar-refractivity contribution in [2.75, 3.05) is 11.9 Å². The van der Waals surface area contributed by atoms with Crippen LogP contribution >= 0.6 is 0 Å². The van der Waals surface area contributed by atoms with Gasteiger partial charge in [-0.25, -0.2) is 4.98 Å². The van der Waals surface area contributed by atoms with Gasteiger partial charge in [0.25, 0.3) is 5.69 Å². The van der Waals surface area contributed by atoms with Crippen LogP contribution < -0.4 is 5.32 Å². The minimum atomic E-state index is -0.395. The summed E-state index contributed by atoms with van der Waals surface area (Å²) >= 11 is 0. The number of rotatable bonds is 5. The number of hydrogen-bond donors (Lipinski definition) is 2. The lowest BCUT2D eigenvalue weighted by atomic mass is 9.67. The molecular weight excluding hydrogens is 256 g/mol. The molecule has 1 aromatic carbocycles. The van der Waals surface area contributed by atoms with Crippen LogP contribution in [0.5, 0.6) is 0 Å². The summed E-state index contributed by atoms with van der Waals surface area (Å²) < 4.78 is 0. The van der Waals surface area contributed by atoms with Crippen LogP contribution in [-0.4, -0.2) is 21.4 Å².